The molecule has 5 nitrogen and oxygen atoms in total. The number of carbonyl (C=O) groups excluding carboxylic acids is 1. The summed E-state index contributed by atoms with van der Waals surface area (Å²) in [6.07, 6.45) is -1.18. The lowest BCUT2D eigenvalue weighted by Crippen LogP contribution is -2.41. The lowest BCUT2D eigenvalue weighted by molar-refractivity contribution is -0.273. The van der Waals surface area contributed by atoms with Crippen LogP contribution in [0.25, 0.3) is 0 Å². The Morgan fingerprint density at radius 1 is 1.50 bits per heavy atom. The highest BCUT2D eigenvalue weighted by molar-refractivity contribution is 5.80. The molecule has 0 saturated heterocycles. The molecule has 0 heterocycles. The van der Waals surface area contributed by atoms with Gasteiger partial charge in [0.25, 0.3) is 0 Å². The van der Waals surface area contributed by atoms with Crippen molar-refractivity contribution in [2.75, 3.05) is 0 Å². The summed E-state index contributed by atoms with van der Waals surface area (Å²) in [7, 11) is 0. The second kappa shape index (κ2) is 4.87. The first kappa shape index (κ1) is 11.1. The quantitative estimate of drug-likeness (QED) is 0.346. The highest BCUT2D eigenvalue weighted by Crippen LogP contribution is 2.02. The fourth-order valence-electron chi connectivity index (χ4n) is 0.606. The van der Waals surface area contributed by atoms with Crippen molar-refractivity contribution in [3.05, 3.63) is 12.7 Å². The maximum Gasteiger partial charge on any atom is 0.349 e. The van der Waals surface area contributed by atoms with E-state index in [1.165, 1.54) is 13.8 Å². The van der Waals surface area contributed by atoms with E-state index in [-0.39, 0.29) is 0 Å². The molecule has 0 aliphatic rings. The van der Waals surface area contributed by atoms with E-state index in [0.29, 0.717) is 0 Å². The van der Waals surface area contributed by atoms with Gasteiger partial charge in [0.15, 0.2) is 0 Å². The van der Waals surface area contributed by atoms with Crippen molar-refractivity contribution in [1.82, 2.24) is 5.06 Å². The van der Waals surface area contributed by atoms with Crippen molar-refractivity contribution in [2.24, 2.45) is 0 Å². The highest BCUT2D eigenvalue weighted by atomic mass is 16.7. The maximum atomic E-state index is 10.6. The van der Waals surface area contributed by atoms with Gasteiger partial charge in [-0.2, -0.15) is 0 Å². The third-order valence-electron chi connectivity index (χ3n) is 1.10. The lowest BCUT2D eigenvalue weighted by Gasteiger charge is -2.25. The summed E-state index contributed by atoms with van der Waals surface area (Å²) in [6, 6.07) is 0. The molecule has 0 rings (SSSR count). The smallest absolute Gasteiger partial charge is 0.349 e. The molecular weight excluding hydrogens is 162 g/mol. The lowest BCUT2D eigenvalue weighted by atomic mass is 10.5. The minimum atomic E-state index is -1.06. The van der Waals surface area contributed by atoms with E-state index in [4.69, 9.17) is 10.2 Å². The second-order valence-electron chi connectivity index (χ2n) is 2.24. The first-order chi connectivity index (χ1) is 5.49. The number of carbonyl (C=O) groups is 1. The van der Waals surface area contributed by atoms with Gasteiger partial charge in [0, 0.05) is 6.08 Å². The molecule has 0 saturated carbocycles. The number of aliphatic hydroxyl groups is 2. The van der Waals surface area contributed by atoms with Crippen LogP contribution in [0.3, 0.4) is 0 Å². The van der Waals surface area contributed by atoms with Gasteiger partial charge in [-0.3, -0.25) is 0 Å². The third kappa shape index (κ3) is 3.47. The topological polar surface area (TPSA) is 70.0 Å². The van der Waals surface area contributed by atoms with Gasteiger partial charge < -0.3 is 15.1 Å². The number of aliphatic hydroxyl groups excluding tert-OH is 2. The Kier molecular flexibility index (Phi) is 4.50. The van der Waals surface area contributed by atoms with E-state index in [2.05, 4.69) is 11.4 Å². The molecule has 2 N–H and O–H groups in total. The molecule has 12 heavy (non-hydrogen) atoms. The number of rotatable bonds is 4. The molecule has 0 aromatic carbocycles. The number of nitrogens with zero attached hydrogens (tertiary/aromatic N) is 1. The van der Waals surface area contributed by atoms with Crippen LogP contribution in [0.15, 0.2) is 12.7 Å². The first-order valence-electron chi connectivity index (χ1n) is 3.48. The minimum Gasteiger partial charge on any atom is -0.375 e. The van der Waals surface area contributed by atoms with E-state index in [0.717, 1.165) is 11.1 Å². The van der Waals surface area contributed by atoms with Crippen LogP contribution in [0, 0.1) is 0 Å². The van der Waals surface area contributed by atoms with Gasteiger partial charge in [0.05, 0.1) is 0 Å². The number of hydrogen-bond donors (Lipinski definition) is 2. The number of hydrogen-bond acceptors (Lipinski definition) is 5. The monoisotopic (exact) mass is 175 g/mol. The SMILES string of the molecule is C=CC(=O)ON(C(C)O)C(C)O. The summed E-state index contributed by atoms with van der Waals surface area (Å²) in [5.74, 6) is -0.725. The molecule has 0 spiro atoms. The molecule has 0 aromatic heterocycles. The standard InChI is InChI=1S/C7H13NO4/c1-4-7(11)12-8(5(2)9)6(3)10/h4-6,9-10H,1H2,2-3H3. The van der Waals surface area contributed by atoms with Crippen molar-refractivity contribution >= 4 is 5.97 Å². The van der Waals surface area contributed by atoms with Crippen LogP contribution in [0.4, 0.5) is 0 Å². The zero-order valence-electron chi connectivity index (χ0n) is 7.10. The Morgan fingerprint density at radius 2 is 1.92 bits per heavy atom. The molecule has 2 unspecified atom stereocenters. The molecule has 0 aliphatic heterocycles. The van der Waals surface area contributed by atoms with Crippen LogP contribution in [0.1, 0.15) is 13.8 Å². The van der Waals surface area contributed by atoms with Crippen molar-refractivity contribution in [3.63, 3.8) is 0 Å². The summed E-state index contributed by atoms with van der Waals surface area (Å²) in [5, 5.41) is 18.7. The van der Waals surface area contributed by atoms with Crippen molar-refractivity contribution in [2.45, 2.75) is 26.3 Å². The molecule has 0 fully saturated rings. The molecule has 5 heteroatoms. The van der Waals surface area contributed by atoms with Gasteiger partial charge in [-0.25, -0.2) is 4.79 Å². The summed E-state index contributed by atoms with van der Waals surface area (Å²) < 4.78 is 0. The van der Waals surface area contributed by atoms with Gasteiger partial charge in [-0.15, -0.1) is 0 Å². The Morgan fingerprint density at radius 3 is 2.17 bits per heavy atom. The van der Waals surface area contributed by atoms with E-state index in [1.807, 2.05) is 0 Å². The predicted octanol–water partition coefficient (Wildman–Crippen LogP) is -0.391. The first-order valence-corrected chi connectivity index (χ1v) is 3.48. The highest BCUT2D eigenvalue weighted by Gasteiger charge is 2.19. The van der Waals surface area contributed by atoms with Crippen LogP contribution in [0.2, 0.25) is 0 Å². The molecule has 0 radical (unpaired) electrons. The van der Waals surface area contributed by atoms with E-state index in [1.54, 1.807) is 0 Å². The summed E-state index contributed by atoms with van der Waals surface area (Å²) in [4.78, 5) is 15.1. The predicted molar refractivity (Wildman–Crippen MR) is 41.5 cm³/mol. The van der Waals surface area contributed by atoms with E-state index >= 15 is 0 Å². The molecule has 0 aliphatic carbocycles. The number of hydroxylamine groups is 2. The van der Waals surface area contributed by atoms with Crippen molar-refractivity contribution < 1.29 is 19.8 Å². The van der Waals surface area contributed by atoms with Crippen molar-refractivity contribution in [1.29, 1.82) is 0 Å². The van der Waals surface area contributed by atoms with Gasteiger partial charge in [-0.05, 0) is 13.8 Å². The summed E-state index contributed by atoms with van der Waals surface area (Å²) >= 11 is 0. The van der Waals surface area contributed by atoms with E-state index < -0.39 is 18.4 Å². The van der Waals surface area contributed by atoms with Crippen LogP contribution in [-0.4, -0.2) is 33.7 Å². The fourth-order valence-corrected chi connectivity index (χ4v) is 0.606. The van der Waals surface area contributed by atoms with Crippen LogP contribution >= 0.6 is 0 Å². The zero-order chi connectivity index (χ0) is 9.72. The minimum absolute atomic E-state index is 0.725. The second-order valence-corrected chi connectivity index (χ2v) is 2.24. The molecule has 0 bridgehead atoms. The Balaban J connectivity index is 4.13. The van der Waals surface area contributed by atoms with Gasteiger partial charge >= 0.3 is 5.97 Å². The molecule has 0 amide bonds. The normalized spacial score (nSPS) is 15.4. The Hall–Kier alpha value is -0.910. The van der Waals surface area contributed by atoms with E-state index in [9.17, 15) is 4.79 Å². The zero-order valence-corrected chi connectivity index (χ0v) is 7.10. The molecular formula is C7H13NO4. The summed E-state index contributed by atoms with van der Waals surface area (Å²) in [6.45, 7) is 5.90. The Labute approximate surface area is 70.8 Å². The van der Waals surface area contributed by atoms with Crippen LogP contribution < -0.4 is 0 Å². The molecule has 0 aromatic rings. The Bertz CT molecular complexity index is 159. The third-order valence-corrected chi connectivity index (χ3v) is 1.10. The fraction of sp³-hybridized carbons (Fsp3) is 0.571. The average Bonchev–Trinajstić information content (AvgIpc) is 1.98. The maximum absolute atomic E-state index is 10.6. The van der Waals surface area contributed by atoms with Crippen LogP contribution in [0.5, 0.6) is 0 Å². The summed E-state index contributed by atoms with van der Waals surface area (Å²) in [5.41, 5.74) is 0. The van der Waals surface area contributed by atoms with Gasteiger partial charge in [0.1, 0.15) is 12.5 Å². The molecule has 2 atom stereocenters. The average molecular weight is 175 g/mol. The van der Waals surface area contributed by atoms with Gasteiger partial charge in [0.2, 0.25) is 0 Å². The van der Waals surface area contributed by atoms with Gasteiger partial charge in [-0.1, -0.05) is 11.6 Å². The van der Waals surface area contributed by atoms with Crippen molar-refractivity contribution in [3.8, 4) is 0 Å². The largest absolute Gasteiger partial charge is 0.375 e. The molecule has 70 valence electrons. The van der Waals surface area contributed by atoms with Crippen LogP contribution in [-0.2, 0) is 9.63 Å².